The van der Waals surface area contributed by atoms with E-state index in [9.17, 15) is 9.59 Å². The molecule has 7 nitrogen and oxygen atoms in total. The number of benzene rings is 1. The fraction of sp³-hybridized carbons (Fsp3) is 0.542. The topological polar surface area (TPSA) is 67.7 Å². The van der Waals surface area contributed by atoms with Gasteiger partial charge in [0.05, 0.1) is 19.1 Å². The van der Waals surface area contributed by atoms with Gasteiger partial charge in [0.1, 0.15) is 5.75 Å². The predicted molar refractivity (Wildman–Crippen MR) is 120 cm³/mol. The molecule has 7 heteroatoms. The molecule has 0 saturated carbocycles. The lowest BCUT2D eigenvalue weighted by atomic mass is 10.1. The molecule has 3 rings (SSSR count). The van der Waals surface area contributed by atoms with Gasteiger partial charge in [-0.05, 0) is 50.5 Å². The van der Waals surface area contributed by atoms with E-state index in [1.165, 1.54) is 0 Å². The minimum atomic E-state index is -0.191. The molecule has 1 aromatic carbocycles. The number of aromatic nitrogens is 2. The molecule has 31 heavy (non-hydrogen) atoms. The molecule has 1 fully saturated rings. The Balaban J connectivity index is 1.63. The van der Waals surface area contributed by atoms with E-state index < -0.39 is 0 Å². The largest absolute Gasteiger partial charge is 0.497 e. The van der Waals surface area contributed by atoms with Gasteiger partial charge in [-0.2, -0.15) is 5.10 Å². The van der Waals surface area contributed by atoms with E-state index >= 15 is 0 Å². The van der Waals surface area contributed by atoms with Crippen LogP contribution in [0.25, 0.3) is 0 Å². The maximum Gasteiger partial charge on any atom is 0.274 e. The number of carbonyl (C=O) groups is 2. The SMILES string of the molecule is COc1cccc(CC(=O)N2CCN(C(=O)c3cc(C(C)C)n(C(C)(C)C)n3)CC2)c1. The molecular weight excluding hydrogens is 392 g/mol. The number of piperazine rings is 1. The van der Waals surface area contributed by atoms with Gasteiger partial charge in [0.15, 0.2) is 5.69 Å². The van der Waals surface area contributed by atoms with Crippen LogP contribution in [0.15, 0.2) is 30.3 Å². The maximum absolute atomic E-state index is 13.1. The second-order valence-corrected chi connectivity index (χ2v) is 9.39. The van der Waals surface area contributed by atoms with Gasteiger partial charge in [-0.15, -0.1) is 0 Å². The van der Waals surface area contributed by atoms with Crippen molar-refractivity contribution in [2.75, 3.05) is 33.3 Å². The van der Waals surface area contributed by atoms with Gasteiger partial charge in [-0.25, -0.2) is 0 Å². The van der Waals surface area contributed by atoms with Crippen LogP contribution in [-0.4, -0.2) is 64.7 Å². The Kier molecular flexibility index (Phi) is 6.72. The van der Waals surface area contributed by atoms with E-state index in [0.717, 1.165) is 17.0 Å². The molecule has 2 aromatic rings. The summed E-state index contributed by atoms with van der Waals surface area (Å²) in [5.74, 6) is 1.03. The minimum absolute atomic E-state index is 0.0650. The van der Waals surface area contributed by atoms with E-state index in [-0.39, 0.29) is 23.3 Å². The van der Waals surface area contributed by atoms with E-state index in [0.29, 0.717) is 38.3 Å². The molecular formula is C24H34N4O3. The number of nitrogens with zero attached hydrogens (tertiary/aromatic N) is 4. The highest BCUT2D eigenvalue weighted by Crippen LogP contribution is 2.24. The Labute approximate surface area is 185 Å². The van der Waals surface area contributed by atoms with Crippen molar-refractivity contribution in [3.63, 3.8) is 0 Å². The van der Waals surface area contributed by atoms with Crippen molar-refractivity contribution in [2.24, 2.45) is 0 Å². The van der Waals surface area contributed by atoms with Gasteiger partial charge in [0, 0.05) is 31.9 Å². The smallest absolute Gasteiger partial charge is 0.274 e. The monoisotopic (exact) mass is 426 g/mol. The summed E-state index contributed by atoms with van der Waals surface area (Å²) >= 11 is 0. The minimum Gasteiger partial charge on any atom is -0.497 e. The summed E-state index contributed by atoms with van der Waals surface area (Å²) in [6, 6.07) is 9.48. The normalized spacial score (nSPS) is 14.8. The van der Waals surface area contributed by atoms with Gasteiger partial charge < -0.3 is 14.5 Å². The van der Waals surface area contributed by atoms with Crippen LogP contribution in [0.2, 0.25) is 0 Å². The maximum atomic E-state index is 13.1. The second kappa shape index (κ2) is 9.12. The zero-order valence-corrected chi connectivity index (χ0v) is 19.5. The van der Waals surface area contributed by atoms with Gasteiger partial charge in [-0.1, -0.05) is 26.0 Å². The average molecular weight is 427 g/mol. The van der Waals surface area contributed by atoms with Crippen LogP contribution in [0.1, 0.15) is 62.3 Å². The molecule has 1 aromatic heterocycles. The Morgan fingerprint density at radius 2 is 1.71 bits per heavy atom. The van der Waals surface area contributed by atoms with Gasteiger partial charge in [0.25, 0.3) is 5.91 Å². The highest BCUT2D eigenvalue weighted by Gasteiger charge is 2.29. The third-order valence-electron chi connectivity index (χ3n) is 5.59. The molecule has 2 amide bonds. The van der Waals surface area contributed by atoms with Crippen LogP contribution in [0.4, 0.5) is 0 Å². The van der Waals surface area contributed by atoms with E-state index in [1.807, 2.05) is 39.9 Å². The van der Waals surface area contributed by atoms with Crippen LogP contribution >= 0.6 is 0 Å². The first kappa shape index (κ1) is 22.8. The number of carbonyl (C=O) groups excluding carboxylic acids is 2. The van der Waals surface area contributed by atoms with Gasteiger partial charge in [-0.3, -0.25) is 14.3 Å². The van der Waals surface area contributed by atoms with Crippen molar-refractivity contribution in [1.82, 2.24) is 19.6 Å². The number of amides is 2. The zero-order valence-electron chi connectivity index (χ0n) is 19.5. The van der Waals surface area contributed by atoms with Crippen LogP contribution in [0, 0.1) is 0 Å². The van der Waals surface area contributed by atoms with Crippen LogP contribution < -0.4 is 4.74 Å². The van der Waals surface area contributed by atoms with Crippen molar-refractivity contribution < 1.29 is 14.3 Å². The van der Waals surface area contributed by atoms with Crippen LogP contribution in [-0.2, 0) is 16.8 Å². The molecule has 0 spiro atoms. The van der Waals surface area contributed by atoms with Crippen LogP contribution in [0.3, 0.4) is 0 Å². The fourth-order valence-electron chi connectivity index (χ4n) is 3.84. The highest BCUT2D eigenvalue weighted by molar-refractivity contribution is 5.92. The fourth-order valence-corrected chi connectivity index (χ4v) is 3.84. The summed E-state index contributed by atoms with van der Waals surface area (Å²) < 4.78 is 7.19. The van der Waals surface area contributed by atoms with Crippen molar-refractivity contribution >= 4 is 11.8 Å². The molecule has 0 unspecified atom stereocenters. The van der Waals surface area contributed by atoms with Gasteiger partial charge in [0.2, 0.25) is 5.91 Å². The van der Waals surface area contributed by atoms with Gasteiger partial charge >= 0.3 is 0 Å². The molecule has 0 N–H and O–H groups in total. The molecule has 0 bridgehead atoms. The van der Waals surface area contributed by atoms with Crippen LogP contribution in [0.5, 0.6) is 5.75 Å². The quantitative estimate of drug-likeness (QED) is 0.736. The molecule has 1 aliphatic rings. The van der Waals surface area contributed by atoms with E-state index in [2.05, 4.69) is 39.7 Å². The number of hydrogen-bond donors (Lipinski definition) is 0. The number of rotatable bonds is 5. The number of methoxy groups -OCH3 is 1. The summed E-state index contributed by atoms with van der Waals surface area (Å²) in [6.07, 6.45) is 0.332. The summed E-state index contributed by atoms with van der Waals surface area (Å²) in [4.78, 5) is 29.4. The molecule has 1 saturated heterocycles. The Morgan fingerprint density at radius 3 is 2.26 bits per heavy atom. The van der Waals surface area contributed by atoms with Crippen molar-refractivity contribution in [3.05, 3.63) is 47.3 Å². The third kappa shape index (κ3) is 5.27. The molecule has 1 aliphatic heterocycles. The van der Waals surface area contributed by atoms with Crippen molar-refractivity contribution in [2.45, 2.75) is 52.5 Å². The predicted octanol–water partition coefficient (Wildman–Crippen LogP) is 3.30. The Bertz CT molecular complexity index is 935. The summed E-state index contributed by atoms with van der Waals surface area (Å²) in [6.45, 7) is 12.6. The lowest BCUT2D eigenvalue weighted by Gasteiger charge is -2.34. The number of ether oxygens (including phenoxy) is 1. The average Bonchev–Trinajstić information content (AvgIpc) is 3.20. The molecule has 0 radical (unpaired) electrons. The summed E-state index contributed by atoms with van der Waals surface area (Å²) in [5, 5.41) is 4.64. The third-order valence-corrected chi connectivity index (χ3v) is 5.59. The second-order valence-electron chi connectivity index (χ2n) is 9.39. The lowest BCUT2D eigenvalue weighted by Crippen LogP contribution is -2.51. The molecule has 0 aliphatic carbocycles. The summed E-state index contributed by atoms with van der Waals surface area (Å²) in [5.41, 5.74) is 2.28. The molecule has 0 atom stereocenters. The Morgan fingerprint density at radius 1 is 1.06 bits per heavy atom. The first-order valence-electron chi connectivity index (χ1n) is 10.9. The highest BCUT2D eigenvalue weighted by atomic mass is 16.5. The first-order valence-corrected chi connectivity index (χ1v) is 10.9. The number of hydrogen-bond acceptors (Lipinski definition) is 4. The standard InChI is InChI=1S/C24H34N4O3/c1-17(2)21-16-20(25-28(21)24(3,4)5)23(30)27-12-10-26(11-13-27)22(29)15-18-8-7-9-19(14-18)31-6/h7-9,14,16-17H,10-13,15H2,1-6H3. The zero-order chi connectivity index (χ0) is 22.8. The molecule has 168 valence electrons. The van der Waals surface area contributed by atoms with E-state index in [1.54, 1.807) is 12.0 Å². The lowest BCUT2D eigenvalue weighted by molar-refractivity contribution is -0.131. The van der Waals surface area contributed by atoms with Crippen molar-refractivity contribution in [1.29, 1.82) is 0 Å². The van der Waals surface area contributed by atoms with E-state index in [4.69, 9.17) is 4.74 Å². The Hall–Kier alpha value is -2.83. The van der Waals surface area contributed by atoms with Crippen molar-refractivity contribution in [3.8, 4) is 5.75 Å². The first-order chi connectivity index (χ1) is 14.6. The summed E-state index contributed by atoms with van der Waals surface area (Å²) in [7, 11) is 1.62. The molecule has 2 heterocycles.